The van der Waals surface area contributed by atoms with Crippen LogP contribution in [-0.4, -0.2) is 4.98 Å². The first-order chi connectivity index (χ1) is 8.72. The van der Waals surface area contributed by atoms with E-state index in [1.54, 1.807) is 24.4 Å². The summed E-state index contributed by atoms with van der Waals surface area (Å²) in [6.45, 7) is 0. The van der Waals surface area contributed by atoms with E-state index in [4.69, 9.17) is 5.84 Å². The Kier molecular flexibility index (Phi) is 4.41. The summed E-state index contributed by atoms with van der Waals surface area (Å²) in [5.74, 6) is 5.31. The average molecular weight is 310 g/mol. The maximum atomic E-state index is 13.6. The Hall–Kier alpha value is -1.30. The Labute approximate surface area is 113 Å². The van der Waals surface area contributed by atoms with E-state index in [1.807, 2.05) is 12.1 Å². The van der Waals surface area contributed by atoms with E-state index in [1.165, 1.54) is 6.07 Å². The predicted octanol–water partition coefficient (Wildman–Crippen LogP) is 2.73. The molecule has 1 aromatic carbocycles. The Morgan fingerprint density at radius 2 is 2.06 bits per heavy atom. The molecule has 0 radical (unpaired) electrons. The molecule has 0 saturated carbocycles. The molecule has 0 aliphatic carbocycles. The number of pyridine rings is 1. The predicted molar refractivity (Wildman–Crippen MR) is 72.1 cm³/mol. The van der Waals surface area contributed by atoms with Crippen molar-refractivity contribution in [2.45, 2.75) is 12.5 Å². The van der Waals surface area contributed by atoms with Crippen molar-refractivity contribution in [3.8, 4) is 0 Å². The molecule has 18 heavy (non-hydrogen) atoms. The molecule has 3 N–H and O–H groups in total. The zero-order chi connectivity index (χ0) is 13.0. The minimum atomic E-state index is -0.238. The Bertz CT molecular complexity index is 533. The summed E-state index contributed by atoms with van der Waals surface area (Å²) < 4.78 is 14.5. The molecule has 0 aliphatic rings. The van der Waals surface area contributed by atoms with Crippen molar-refractivity contribution < 1.29 is 4.39 Å². The van der Waals surface area contributed by atoms with Crippen LogP contribution in [0.3, 0.4) is 0 Å². The highest BCUT2D eigenvalue weighted by Gasteiger charge is 2.16. The standard InChI is InChI=1S/C13H13BrFN3/c14-10-5-3-7-17-13(10)12(18-16)8-9-4-1-2-6-11(9)15/h1-7,12,18H,8,16H2. The summed E-state index contributed by atoms with van der Waals surface area (Å²) in [6.07, 6.45) is 2.13. The SMILES string of the molecule is NNC(Cc1ccccc1F)c1ncccc1Br. The number of halogens is 2. The molecule has 5 heteroatoms. The summed E-state index contributed by atoms with van der Waals surface area (Å²) in [4.78, 5) is 4.26. The van der Waals surface area contributed by atoms with Crippen LogP contribution in [0, 0.1) is 5.82 Å². The first kappa shape index (κ1) is 13.1. The first-order valence-corrected chi connectivity index (χ1v) is 6.31. The van der Waals surface area contributed by atoms with Crippen LogP contribution in [-0.2, 0) is 6.42 Å². The number of benzene rings is 1. The van der Waals surface area contributed by atoms with E-state index in [0.717, 1.165) is 10.2 Å². The average Bonchev–Trinajstić information content (AvgIpc) is 2.39. The third kappa shape index (κ3) is 2.93. The van der Waals surface area contributed by atoms with Crippen molar-refractivity contribution in [1.29, 1.82) is 0 Å². The van der Waals surface area contributed by atoms with Gasteiger partial charge in [-0.1, -0.05) is 18.2 Å². The normalized spacial score (nSPS) is 12.4. The van der Waals surface area contributed by atoms with E-state index < -0.39 is 0 Å². The van der Waals surface area contributed by atoms with Gasteiger partial charge in [0.15, 0.2) is 0 Å². The highest BCUT2D eigenvalue weighted by Crippen LogP contribution is 2.24. The second kappa shape index (κ2) is 6.04. The van der Waals surface area contributed by atoms with Crippen LogP contribution >= 0.6 is 15.9 Å². The minimum absolute atomic E-state index is 0.232. The molecule has 94 valence electrons. The molecule has 0 aliphatic heterocycles. The molecule has 2 rings (SSSR count). The van der Waals surface area contributed by atoms with Crippen molar-refractivity contribution in [3.63, 3.8) is 0 Å². The first-order valence-electron chi connectivity index (χ1n) is 5.52. The van der Waals surface area contributed by atoms with E-state index in [0.29, 0.717) is 12.0 Å². The zero-order valence-corrected chi connectivity index (χ0v) is 11.2. The highest BCUT2D eigenvalue weighted by molar-refractivity contribution is 9.10. The molecule has 2 aromatic rings. The van der Waals surface area contributed by atoms with Crippen molar-refractivity contribution in [2.75, 3.05) is 0 Å². The van der Waals surface area contributed by atoms with Crippen molar-refractivity contribution in [1.82, 2.24) is 10.4 Å². The molecule has 0 fully saturated rings. The van der Waals surface area contributed by atoms with E-state index in [-0.39, 0.29) is 11.9 Å². The van der Waals surface area contributed by atoms with Gasteiger partial charge in [0.2, 0.25) is 0 Å². The lowest BCUT2D eigenvalue weighted by molar-refractivity contribution is 0.517. The monoisotopic (exact) mass is 309 g/mol. The largest absolute Gasteiger partial charge is 0.271 e. The summed E-state index contributed by atoms with van der Waals surface area (Å²) in [5, 5.41) is 0. The summed E-state index contributed by atoms with van der Waals surface area (Å²) in [5.41, 5.74) is 4.05. The fourth-order valence-corrected chi connectivity index (χ4v) is 2.30. The number of rotatable bonds is 4. The molecule has 1 unspecified atom stereocenters. The lowest BCUT2D eigenvalue weighted by Crippen LogP contribution is -2.30. The number of nitrogens with zero attached hydrogens (tertiary/aromatic N) is 1. The number of aromatic nitrogens is 1. The summed E-state index contributed by atoms with van der Waals surface area (Å²) >= 11 is 3.42. The van der Waals surface area contributed by atoms with Gasteiger partial charge in [0.25, 0.3) is 0 Å². The molecule has 0 spiro atoms. The van der Waals surface area contributed by atoms with Gasteiger partial charge in [0.1, 0.15) is 5.82 Å². The van der Waals surface area contributed by atoms with Gasteiger partial charge in [-0.3, -0.25) is 16.3 Å². The highest BCUT2D eigenvalue weighted by atomic mass is 79.9. The van der Waals surface area contributed by atoms with E-state index in [9.17, 15) is 4.39 Å². The number of hydrogen-bond acceptors (Lipinski definition) is 3. The Morgan fingerprint density at radius 3 is 2.72 bits per heavy atom. The van der Waals surface area contributed by atoms with Gasteiger partial charge in [-0.25, -0.2) is 4.39 Å². The quantitative estimate of drug-likeness (QED) is 0.674. The fourth-order valence-electron chi connectivity index (χ4n) is 1.77. The van der Waals surface area contributed by atoms with Gasteiger partial charge in [-0.2, -0.15) is 0 Å². The van der Waals surface area contributed by atoms with Crippen LogP contribution in [0.1, 0.15) is 17.3 Å². The molecule has 0 saturated heterocycles. The second-order valence-corrected chi connectivity index (χ2v) is 4.74. The number of hydrogen-bond donors (Lipinski definition) is 2. The van der Waals surface area contributed by atoms with Crippen LogP contribution in [0.15, 0.2) is 47.1 Å². The van der Waals surface area contributed by atoms with E-state index in [2.05, 4.69) is 26.3 Å². The molecular weight excluding hydrogens is 297 g/mol. The number of nitrogens with two attached hydrogens (primary N) is 1. The molecular formula is C13H13BrFN3. The van der Waals surface area contributed by atoms with Crippen LogP contribution in [0.2, 0.25) is 0 Å². The molecule has 1 heterocycles. The molecule has 0 amide bonds. The fraction of sp³-hybridized carbons (Fsp3) is 0.154. The summed E-state index contributed by atoms with van der Waals surface area (Å²) in [6, 6.07) is 10.1. The van der Waals surface area contributed by atoms with Gasteiger partial charge in [-0.15, -0.1) is 0 Å². The topological polar surface area (TPSA) is 50.9 Å². The summed E-state index contributed by atoms with van der Waals surface area (Å²) in [7, 11) is 0. The lowest BCUT2D eigenvalue weighted by atomic mass is 10.0. The van der Waals surface area contributed by atoms with Crippen molar-refractivity contribution in [2.24, 2.45) is 5.84 Å². The van der Waals surface area contributed by atoms with Crippen molar-refractivity contribution >= 4 is 15.9 Å². The molecule has 1 atom stereocenters. The third-order valence-corrected chi connectivity index (χ3v) is 3.37. The van der Waals surface area contributed by atoms with Crippen LogP contribution in [0.5, 0.6) is 0 Å². The molecule has 1 aromatic heterocycles. The van der Waals surface area contributed by atoms with Gasteiger partial charge in [0.05, 0.1) is 11.7 Å². The Morgan fingerprint density at radius 1 is 1.28 bits per heavy atom. The van der Waals surface area contributed by atoms with Gasteiger partial charge < -0.3 is 0 Å². The molecule has 3 nitrogen and oxygen atoms in total. The van der Waals surface area contributed by atoms with Gasteiger partial charge in [0, 0.05) is 10.7 Å². The number of hydrazine groups is 1. The van der Waals surface area contributed by atoms with Crippen LogP contribution in [0.4, 0.5) is 4.39 Å². The third-order valence-electron chi connectivity index (χ3n) is 2.70. The lowest BCUT2D eigenvalue weighted by Gasteiger charge is -2.17. The maximum absolute atomic E-state index is 13.6. The minimum Gasteiger partial charge on any atom is -0.271 e. The number of nitrogens with one attached hydrogen (secondary N) is 1. The van der Waals surface area contributed by atoms with Gasteiger partial charge >= 0.3 is 0 Å². The van der Waals surface area contributed by atoms with E-state index >= 15 is 0 Å². The maximum Gasteiger partial charge on any atom is 0.126 e. The zero-order valence-electron chi connectivity index (χ0n) is 9.61. The Balaban J connectivity index is 2.26. The van der Waals surface area contributed by atoms with Crippen LogP contribution < -0.4 is 11.3 Å². The van der Waals surface area contributed by atoms with Crippen LogP contribution in [0.25, 0.3) is 0 Å². The second-order valence-electron chi connectivity index (χ2n) is 3.89. The molecule has 0 bridgehead atoms. The smallest absolute Gasteiger partial charge is 0.126 e. The van der Waals surface area contributed by atoms with Crippen molar-refractivity contribution in [3.05, 3.63) is 64.1 Å². The van der Waals surface area contributed by atoms with Gasteiger partial charge in [-0.05, 0) is 46.1 Å².